The number of ketones is 1. The standard InChI is InChI=1S/C16H22O3/c1-10(2)13-7-14(11(3)6-15(13)18-5)16(12(4)17)8-19-9-16/h6-7,10H,8-9H2,1-5H3. The molecule has 0 aromatic heterocycles. The van der Waals surface area contributed by atoms with Crippen LogP contribution in [0.1, 0.15) is 43.4 Å². The molecule has 0 atom stereocenters. The fourth-order valence-corrected chi connectivity index (χ4v) is 2.70. The number of Topliss-reactive ketones (excluding diaryl/α,β-unsaturated/α-hetero) is 1. The molecule has 3 heteroatoms. The molecule has 0 amide bonds. The van der Waals surface area contributed by atoms with Crippen molar-refractivity contribution in [1.82, 2.24) is 0 Å². The second-order valence-electron chi connectivity index (χ2n) is 5.69. The van der Waals surface area contributed by atoms with E-state index in [-0.39, 0.29) is 5.78 Å². The Morgan fingerprint density at radius 3 is 2.37 bits per heavy atom. The number of carbonyl (C=O) groups is 1. The van der Waals surface area contributed by atoms with Gasteiger partial charge in [-0.2, -0.15) is 0 Å². The molecule has 3 nitrogen and oxygen atoms in total. The third-order valence-corrected chi connectivity index (χ3v) is 4.09. The lowest BCUT2D eigenvalue weighted by atomic mass is 9.72. The fourth-order valence-electron chi connectivity index (χ4n) is 2.70. The Morgan fingerprint density at radius 1 is 1.37 bits per heavy atom. The molecular formula is C16H22O3. The summed E-state index contributed by atoms with van der Waals surface area (Å²) in [4.78, 5) is 12.0. The van der Waals surface area contributed by atoms with E-state index in [2.05, 4.69) is 19.9 Å². The first-order chi connectivity index (χ1) is 8.92. The van der Waals surface area contributed by atoms with Gasteiger partial charge in [-0.25, -0.2) is 0 Å². The zero-order valence-electron chi connectivity index (χ0n) is 12.4. The average Bonchev–Trinajstić information content (AvgIpc) is 2.28. The summed E-state index contributed by atoms with van der Waals surface area (Å²) in [6, 6.07) is 4.16. The number of methoxy groups -OCH3 is 1. The molecule has 0 unspecified atom stereocenters. The summed E-state index contributed by atoms with van der Waals surface area (Å²) in [7, 11) is 1.69. The fraction of sp³-hybridized carbons (Fsp3) is 0.562. The molecule has 19 heavy (non-hydrogen) atoms. The first-order valence-electron chi connectivity index (χ1n) is 6.70. The van der Waals surface area contributed by atoms with Gasteiger partial charge < -0.3 is 9.47 Å². The van der Waals surface area contributed by atoms with E-state index < -0.39 is 5.41 Å². The molecule has 0 bridgehead atoms. The van der Waals surface area contributed by atoms with E-state index in [1.54, 1.807) is 14.0 Å². The second kappa shape index (κ2) is 4.97. The minimum Gasteiger partial charge on any atom is -0.496 e. The predicted octanol–water partition coefficient (Wildman–Crippen LogP) is 2.98. The van der Waals surface area contributed by atoms with Crippen molar-refractivity contribution >= 4 is 5.78 Å². The first-order valence-corrected chi connectivity index (χ1v) is 6.70. The average molecular weight is 262 g/mol. The molecule has 1 fully saturated rings. The van der Waals surface area contributed by atoms with Crippen LogP contribution in [0.25, 0.3) is 0 Å². The Morgan fingerprint density at radius 2 is 2.00 bits per heavy atom. The van der Waals surface area contributed by atoms with E-state index in [0.29, 0.717) is 19.1 Å². The van der Waals surface area contributed by atoms with Crippen molar-refractivity contribution < 1.29 is 14.3 Å². The maximum atomic E-state index is 12.0. The second-order valence-corrected chi connectivity index (χ2v) is 5.69. The molecule has 0 saturated carbocycles. The summed E-state index contributed by atoms with van der Waals surface area (Å²) in [5.74, 6) is 1.44. The number of aryl methyl sites for hydroxylation is 1. The Kier molecular flexibility index (Phi) is 3.68. The van der Waals surface area contributed by atoms with Gasteiger partial charge in [0.15, 0.2) is 0 Å². The number of rotatable bonds is 4. The number of ether oxygens (including phenoxy) is 2. The molecule has 1 aliphatic heterocycles. The lowest BCUT2D eigenvalue weighted by Gasteiger charge is -2.41. The highest BCUT2D eigenvalue weighted by Crippen LogP contribution is 2.39. The lowest BCUT2D eigenvalue weighted by molar-refractivity contribution is -0.140. The number of hydrogen-bond acceptors (Lipinski definition) is 3. The summed E-state index contributed by atoms with van der Waals surface area (Å²) in [6.45, 7) is 8.94. The molecule has 1 heterocycles. The van der Waals surface area contributed by atoms with Gasteiger partial charge in [-0.1, -0.05) is 19.9 Å². The SMILES string of the molecule is COc1cc(C)c(C2(C(C)=O)COC2)cc1C(C)C. The van der Waals surface area contributed by atoms with E-state index in [1.807, 2.05) is 13.0 Å². The van der Waals surface area contributed by atoms with Crippen molar-refractivity contribution in [3.8, 4) is 5.75 Å². The first kappa shape index (κ1) is 14.1. The van der Waals surface area contributed by atoms with Gasteiger partial charge in [0.1, 0.15) is 16.9 Å². The highest BCUT2D eigenvalue weighted by atomic mass is 16.5. The van der Waals surface area contributed by atoms with Gasteiger partial charge in [0.25, 0.3) is 0 Å². The maximum Gasteiger partial charge on any atom is 0.145 e. The summed E-state index contributed by atoms with van der Waals surface area (Å²) < 4.78 is 10.8. The largest absolute Gasteiger partial charge is 0.496 e. The van der Waals surface area contributed by atoms with Crippen LogP contribution in [-0.4, -0.2) is 26.1 Å². The zero-order valence-corrected chi connectivity index (χ0v) is 12.4. The van der Waals surface area contributed by atoms with Crippen molar-refractivity contribution in [2.45, 2.75) is 39.0 Å². The van der Waals surface area contributed by atoms with Crippen LogP contribution < -0.4 is 4.74 Å². The lowest BCUT2D eigenvalue weighted by Crippen LogP contribution is -2.52. The molecule has 0 spiro atoms. The highest BCUT2D eigenvalue weighted by molar-refractivity contribution is 5.90. The number of benzene rings is 1. The smallest absolute Gasteiger partial charge is 0.145 e. The van der Waals surface area contributed by atoms with Gasteiger partial charge in [-0.05, 0) is 42.5 Å². The minimum atomic E-state index is -0.444. The van der Waals surface area contributed by atoms with E-state index in [1.165, 1.54) is 0 Å². The van der Waals surface area contributed by atoms with Gasteiger partial charge in [-0.15, -0.1) is 0 Å². The third kappa shape index (κ3) is 2.16. The Balaban J connectivity index is 2.58. The molecule has 104 valence electrons. The van der Waals surface area contributed by atoms with Crippen LogP contribution in [0.5, 0.6) is 5.75 Å². The van der Waals surface area contributed by atoms with Crippen molar-refractivity contribution in [3.05, 3.63) is 28.8 Å². The highest BCUT2D eigenvalue weighted by Gasteiger charge is 2.46. The Bertz CT molecular complexity index is 499. The normalized spacial score (nSPS) is 17.2. The zero-order chi connectivity index (χ0) is 14.2. The summed E-state index contributed by atoms with van der Waals surface area (Å²) >= 11 is 0. The summed E-state index contributed by atoms with van der Waals surface area (Å²) in [5, 5.41) is 0. The monoisotopic (exact) mass is 262 g/mol. The van der Waals surface area contributed by atoms with Crippen LogP contribution in [0.2, 0.25) is 0 Å². The van der Waals surface area contributed by atoms with Gasteiger partial charge in [0.2, 0.25) is 0 Å². The molecule has 1 aliphatic rings. The van der Waals surface area contributed by atoms with Crippen LogP contribution in [-0.2, 0) is 14.9 Å². The van der Waals surface area contributed by atoms with Gasteiger partial charge in [-0.3, -0.25) is 4.79 Å². The Labute approximate surface area is 114 Å². The van der Waals surface area contributed by atoms with Gasteiger partial charge >= 0.3 is 0 Å². The van der Waals surface area contributed by atoms with Crippen molar-refractivity contribution in [1.29, 1.82) is 0 Å². The van der Waals surface area contributed by atoms with Crippen LogP contribution in [0.15, 0.2) is 12.1 Å². The van der Waals surface area contributed by atoms with Crippen molar-refractivity contribution in [2.75, 3.05) is 20.3 Å². The Hall–Kier alpha value is -1.35. The number of hydrogen-bond donors (Lipinski definition) is 0. The van der Waals surface area contributed by atoms with E-state index in [4.69, 9.17) is 9.47 Å². The molecular weight excluding hydrogens is 240 g/mol. The maximum absolute atomic E-state index is 12.0. The quantitative estimate of drug-likeness (QED) is 0.836. The summed E-state index contributed by atoms with van der Waals surface area (Å²) in [6.07, 6.45) is 0. The predicted molar refractivity (Wildman–Crippen MR) is 75.0 cm³/mol. The minimum absolute atomic E-state index is 0.182. The number of carbonyl (C=O) groups excluding carboxylic acids is 1. The van der Waals surface area contributed by atoms with Crippen LogP contribution in [0.3, 0.4) is 0 Å². The molecule has 1 aromatic rings. The third-order valence-electron chi connectivity index (χ3n) is 4.09. The van der Waals surface area contributed by atoms with Crippen LogP contribution in [0.4, 0.5) is 0 Å². The molecule has 0 radical (unpaired) electrons. The molecule has 0 aliphatic carbocycles. The molecule has 2 rings (SSSR count). The van der Waals surface area contributed by atoms with Crippen molar-refractivity contribution in [3.63, 3.8) is 0 Å². The van der Waals surface area contributed by atoms with Crippen LogP contribution in [0, 0.1) is 6.92 Å². The summed E-state index contributed by atoms with van der Waals surface area (Å²) in [5.41, 5.74) is 2.89. The molecule has 1 aromatic carbocycles. The topological polar surface area (TPSA) is 35.5 Å². The van der Waals surface area contributed by atoms with Gasteiger partial charge in [0, 0.05) is 0 Å². The van der Waals surface area contributed by atoms with Crippen molar-refractivity contribution in [2.24, 2.45) is 0 Å². The van der Waals surface area contributed by atoms with E-state index in [9.17, 15) is 4.79 Å². The van der Waals surface area contributed by atoms with E-state index in [0.717, 1.165) is 22.4 Å². The molecule has 1 saturated heterocycles. The van der Waals surface area contributed by atoms with Crippen LogP contribution >= 0.6 is 0 Å². The molecule has 0 N–H and O–H groups in total. The van der Waals surface area contributed by atoms with E-state index >= 15 is 0 Å². The van der Waals surface area contributed by atoms with Gasteiger partial charge in [0.05, 0.1) is 20.3 Å².